The molecule has 0 aliphatic rings. The zero-order valence-corrected chi connectivity index (χ0v) is 11.9. The molecule has 0 heterocycles. The fourth-order valence-corrected chi connectivity index (χ4v) is 2.11. The van der Waals surface area contributed by atoms with E-state index < -0.39 is 0 Å². The van der Waals surface area contributed by atoms with Gasteiger partial charge in [-0.15, -0.1) is 0 Å². The molecular formula is C14H29N. The first-order valence-corrected chi connectivity index (χ1v) is 5.98. The van der Waals surface area contributed by atoms with E-state index in [0.29, 0.717) is 0 Å². The predicted molar refractivity (Wildman–Crippen MR) is 70.3 cm³/mol. The smallest absolute Gasteiger partial charge is 0.0130 e. The second kappa shape index (κ2) is 5.16. The van der Waals surface area contributed by atoms with Crippen LogP contribution in [0, 0.1) is 0 Å². The van der Waals surface area contributed by atoms with Gasteiger partial charge < -0.3 is 0 Å². The van der Waals surface area contributed by atoms with Crippen molar-refractivity contribution in [2.24, 2.45) is 0 Å². The number of hydrogen-bond acceptors (Lipinski definition) is 1. The lowest BCUT2D eigenvalue weighted by atomic mass is 9.95. The normalized spacial score (nSPS) is 14.9. The van der Waals surface area contributed by atoms with Gasteiger partial charge in [0.05, 0.1) is 0 Å². The molecule has 0 saturated carbocycles. The van der Waals surface area contributed by atoms with Gasteiger partial charge in [0.1, 0.15) is 0 Å². The molecule has 15 heavy (non-hydrogen) atoms. The van der Waals surface area contributed by atoms with E-state index in [1.54, 1.807) is 0 Å². The first-order chi connectivity index (χ1) is 6.59. The topological polar surface area (TPSA) is 3.24 Å². The standard InChI is InChI=1S/C14H29N/c1-9-12(2)10-11-15(13(3,4)5)14(6,7)8/h9H,10-11H2,1-8H3. The average Bonchev–Trinajstić information content (AvgIpc) is 1.99. The molecule has 0 aromatic rings. The van der Waals surface area contributed by atoms with E-state index in [2.05, 4.69) is 66.4 Å². The summed E-state index contributed by atoms with van der Waals surface area (Å²) in [5, 5.41) is 0. The van der Waals surface area contributed by atoms with Crippen molar-refractivity contribution >= 4 is 0 Å². The van der Waals surface area contributed by atoms with Gasteiger partial charge in [0.15, 0.2) is 0 Å². The number of allylic oxidation sites excluding steroid dienone is 1. The Balaban J connectivity index is 4.56. The Kier molecular flexibility index (Phi) is 5.05. The second-order valence-electron chi connectivity index (χ2n) is 6.38. The van der Waals surface area contributed by atoms with Crippen LogP contribution in [0.25, 0.3) is 0 Å². The summed E-state index contributed by atoms with van der Waals surface area (Å²) in [6.07, 6.45) is 3.38. The van der Waals surface area contributed by atoms with Crippen LogP contribution in [-0.4, -0.2) is 22.5 Å². The summed E-state index contributed by atoms with van der Waals surface area (Å²) < 4.78 is 0. The molecule has 0 aliphatic carbocycles. The molecule has 0 spiro atoms. The highest BCUT2D eigenvalue weighted by Crippen LogP contribution is 2.25. The predicted octanol–water partition coefficient (Wildman–Crippen LogP) is 4.24. The minimum Gasteiger partial charge on any atom is -0.293 e. The van der Waals surface area contributed by atoms with E-state index in [9.17, 15) is 0 Å². The van der Waals surface area contributed by atoms with Gasteiger partial charge in [0, 0.05) is 17.6 Å². The third-order valence-electron chi connectivity index (χ3n) is 2.84. The van der Waals surface area contributed by atoms with E-state index in [-0.39, 0.29) is 11.1 Å². The van der Waals surface area contributed by atoms with Gasteiger partial charge in [0.2, 0.25) is 0 Å². The Bertz CT molecular complexity index is 198. The van der Waals surface area contributed by atoms with Crippen LogP contribution < -0.4 is 0 Å². The first kappa shape index (κ1) is 14.7. The molecule has 0 radical (unpaired) electrons. The summed E-state index contributed by atoms with van der Waals surface area (Å²) in [5.74, 6) is 0. The molecule has 0 atom stereocenters. The molecule has 0 unspecified atom stereocenters. The molecule has 0 aromatic carbocycles. The summed E-state index contributed by atoms with van der Waals surface area (Å²) in [5.41, 5.74) is 1.96. The molecule has 0 amide bonds. The van der Waals surface area contributed by atoms with E-state index in [1.165, 1.54) is 12.0 Å². The summed E-state index contributed by atoms with van der Waals surface area (Å²) in [4.78, 5) is 2.58. The van der Waals surface area contributed by atoms with Gasteiger partial charge in [-0.3, -0.25) is 4.90 Å². The Morgan fingerprint density at radius 3 is 1.67 bits per heavy atom. The van der Waals surface area contributed by atoms with Crippen LogP contribution in [0.4, 0.5) is 0 Å². The maximum absolute atomic E-state index is 2.58. The van der Waals surface area contributed by atoms with Crippen molar-refractivity contribution in [2.75, 3.05) is 6.54 Å². The maximum Gasteiger partial charge on any atom is 0.0130 e. The minimum absolute atomic E-state index is 0.242. The van der Waals surface area contributed by atoms with Crippen molar-refractivity contribution in [1.29, 1.82) is 0 Å². The van der Waals surface area contributed by atoms with Crippen molar-refractivity contribution < 1.29 is 0 Å². The summed E-state index contributed by atoms with van der Waals surface area (Å²) in [6, 6.07) is 0. The lowest BCUT2D eigenvalue weighted by Crippen LogP contribution is -2.52. The van der Waals surface area contributed by atoms with Crippen LogP contribution in [-0.2, 0) is 0 Å². The SMILES string of the molecule is CC=C(C)CCN(C(C)(C)C)C(C)(C)C. The van der Waals surface area contributed by atoms with Gasteiger partial charge in [-0.1, -0.05) is 11.6 Å². The van der Waals surface area contributed by atoms with Gasteiger partial charge in [0.25, 0.3) is 0 Å². The number of rotatable bonds is 3. The van der Waals surface area contributed by atoms with Crippen LogP contribution in [0.15, 0.2) is 11.6 Å². The molecular weight excluding hydrogens is 182 g/mol. The van der Waals surface area contributed by atoms with Crippen molar-refractivity contribution in [1.82, 2.24) is 4.90 Å². The quantitative estimate of drug-likeness (QED) is 0.631. The van der Waals surface area contributed by atoms with Gasteiger partial charge >= 0.3 is 0 Å². The molecule has 1 heteroatoms. The lowest BCUT2D eigenvalue weighted by molar-refractivity contribution is 0.0398. The third kappa shape index (κ3) is 5.36. The molecule has 0 aromatic heterocycles. The fourth-order valence-electron chi connectivity index (χ4n) is 2.11. The highest BCUT2D eigenvalue weighted by molar-refractivity contribution is 4.98. The van der Waals surface area contributed by atoms with E-state index in [1.807, 2.05) is 0 Å². The maximum atomic E-state index is 2.58. The van der Waals surface area contributed by atoms with E-state index in [4.69, 9.17) is 0 Å². The monoisotopic (exact) mass is 211 g/mol. The Labute approximate surface area is 96.6 Å². The van der Waals surface area contributed by atoms with Crippen LogP contribution in [0.3, 0.4) is 0 Å². The molecule has 1 nitrogen and oxygen atoms in total. The Hall–Kier alpha value is -0.300. The first-order valence-electron chi connectivity index (χ1n) is 5.98. The van der Waals surface area contributed by atoms with Crippen LogP contribution in [0.2, 0.25) is 0 Å². The number of nitrogens with zero attached hydrogens (tertiary/aromatic N) is 1. The molecule has 90 valence electrons. The largest absolute Gasteiger partial charge is 0.293 e. The molecule has 0 bridgehead atoms. The molecule has 0 fully saturated rings. The van der Waals surface area contributed by atoms with Gasteiger partial charge in [-0.25, -0.2) is 0 Å². The summed E-state index contributed by atoms with van der Waals surface area (Å²) >= 11 is 0. The molecule has 0 rings (SSSR count). The summed E-state index contributed by atoms with van der Waals surface area (Å²) in [6.45, 7) is 19.2. The van der Waals surface area contributed by atoms with Crippen molar-refractivity contribution in [3.8, 4) is 0 Å². The van der Waals surface area contributed by atoms with E-state index in [0.717, 1.165) is 6.54 Å². The van der Waals surface area contributed by atoms with Gasteiger partial charge in [-0.2, -0.15) is 0 Å². The van der Waals surface area contributed by atoms with Crippen molar-refractivity contribution in [3.63, 3.8) is 0 Å². The average molecular weight is 211 g/mol. The highest BCUT2D eigenvalue weighted by Gasteiger charge is 2.30. The van der Waals surface area contributed by atoms with Crippen molar-refractivity contribution in [2.45, 2.75) is 72.9 Å². The van der Waals surface area contributed by atoms with Crippen LogP contribution in [0.5, 0.6) is 0 Å². The number of hydrogen-bond donors (Lipinski definition) is 0. The zero-order valence-electron chi connectivity index (χ0n) is 11.9. The Morgan fingerprint density at radius 2 is 1.40 bits per heavy atom. The molecule has 0 aliphatic heterocycles. The molecule has 0 N–H and O–H groups in total. The van der Waals surface area contributed by atoms with Crippen LogP contribution >= 0.6 is 0 Å². The second-order valence-corrected chi connectivity index (χ2v) is 6.38. The third-order valence-corrected chi connectivity index (χ3v) is 2.84. The van der Waals surface area contributed by atoms with Gasteiger partial charge in [-0.05, 0) is 61.8 Å². The van der Waals surface area contributed by atoms with Crippen molar-refractivity contribution in [3.05, 3.63) is 11.6 Å². The zero-order chi connectivity index (χ0) is 12.3. The molecule has 0 saturated heterocycles. The van der Waals surface area contributed by atoms with Crippen LogP contribution in [0.1, 0.15) is 61.8 Å². The fraction of sp³-hybridized carbons (Fsp3) is 0.857. The summed E-state index contributed by atoms with van der Waals surface area (Å²) in [7, 11) is 0. The Morgan fingerprint density at radius 1 is 1.00 bits per heavy atom. The minimum atomic E-state index is 0.242. The highest BCUT2D eigenvalue weighted by atomic mass is 15.2. The van der Waals surface area contributed by atoms with E-state index >= 15 is 0 Å². The lowest BCUT2D eigenvalue weighted by Gasteiger charge is -2.45.